The van der Waals surface area contributed by atoms with Gasteiger partial charge in [0, 0.05) is 13.6 Å². The molecule has 1 heterocycles. The minimum atomic E-state index is -0.853. The van der Waals surface area contributed by atoms with Crippen LogP contribution < -0.4 is 5.32 Å². The SMILES string of the molecule is CCc1nn(C)c(CNC(C)C(=O)O)c1Br. The summed E-state index contributed by atoms with van der Waals surface area (Å²) in [6.07, 6.45) is 0.850. The molecule has 0 aliphatic carbocycles. The summed E-state index contributed by atoms with van der Waals surface area (Å²) in [5, 5.41) is 16.0. The standard InChI is InChI=1S/C10H16BrN3O2/c1-4-7-9(11)8(14(3)13-7)5-12-6(2)10(15)16/h6,12H,4-5H2,1-3H3,(H,15,16). The number of aliphatic carboxylic acids is 1. The summed E-state index contributed by atoms with van der Waals surface area (Å²) in [4.78, 5) is 10.7. The number of nitrogens with zero attached hydrogens (tertiary/aromatic N) is 2. The van der Waals surface area contributed by atoms with E-state index in [9.17, 15) is 4.79 Å². The molecule has 5 nitrogen and oxygen atoms in total. The van der Waals surface area contributed by atoms with E-state index in [0.29, 0.717) is 6.54 Å². The van der Waals surface area contributed by atoms with E-state index in [4.69, 9.17) is 5.11 Å². The van der Waals surface area contributed by atoms with Crippen molar-refractivity contribution in [1.29, 1.82) is 0 Å². The van der Waals surface area contributed by atoms with E-state index in [1.807, 2.05) is 14.0 Å². The first-order valence-corrected chi connectivity index (χ1v) is 5.93. The number of carbonyl (C=O) groups is 1. The van der Waals surface area contributed by atoms with Gasteiger partial charge in [0.2, 0.25) is 0 Å². The van der Waals surface area contributed by atoms with Gasteiger partial charge < -0.3 is 5.11 Å². The van der Waals surface area contributed by atoms with Crippen LogP contribution in [0.4, 0.5) is 0 Å². The highest BCUT2D eigenvalue weighted by Gasteiger charge is 2.15. The van der Waals surface area contributed by atoms with E-state index >= 15 is 0 Å². The molecule has 1 rings (SSSR count). The van der Waals surface area contributed by atoms with Crippen LogP contribution in [0, 0.1) is 0 Å². The molecule has 0 saturated carbocycles. The Bertz CT molecular complexity index is 390. The largest absolute Gasteiger partial charge is 0.480 e. The van der Waals surface area contributed by atoms with Crippen molar-refractivity contribution in [3.05, 3.63) is 15.9 Å². The molecule has 0 radical (unpaired) electrons. The van der Waals surface area contributed by atoms with Gasteiger partial charge in [-0.25, -0.2) is 0 Å². The van der Waals surface area contributed by atoms with Crippen LogP contribution in [0.2, 0.25) is 0 Å². The maximum absolute atomic E-state index is 10.7. The quantitative estimate of drug-likeness (QED) is 0.858. The van der Waals surface area contributed by atoms with Crippen molar-refractivity contribution in [1.82, 2.24) is 15.1 Å². The minimum absolute atomic E-state index is 0.484. The van der Waals surface area contributed by atoms with Crippen molar-refractivity contribution in [2.45, 2.75) is 32.9 Å². The van der Waals surface area contributed by atoms with E-state index in [-0.39, 0.29) is 0 Å². The molecule has 1 aromatic heterocycles. The molecule has 0 amide bonds. The summed E-state index contributed by atoms with van der Waals surface area (Å²) in [5.41, 5.74) is 1.95. The summed E-state index contributed by atoms with van der Waals surface area (Å²) in [7, 11) is 1.85. The van der Waals surface area contributed by atoms with Gasteiger partial charge in [-0.3, -0.25) is 14.8 Å². The minimum Gasteiger partial charge on any atom is -0.480 e. The number of hydrogen-bond acceptors (Lipinski definition) is 3. The number of halogens is 1. The van der Waals surface area contributed by atoms with E-state index in [0.717, 1.165) is 22.3 Å². The summed E-state index contributed by atoms with van der Waals surface area (Å²) in [6.45, 7) is 4.13. The summed E-state index contributed by atoms with van der Waals surface area (Å²) >= 11 is 3.48. The Kier molecular flexibility index (Phi) is 4.49. The Morgan fingerprint density at radius 3 is 2.75 bits per heavy atom. The van der Waals surface area contributed by atoms with E-state index in [1.54, 1.807) is 11.6 Å². The predicted octanol–water partition coefficient (Wildman–Crippen LogP) is 1.31. The van der Waals surface area contributed by atoms with E-state index < -0.39 is 12.0 Å². The maximum atomic E-state index is 10.7. The van der Waals surface area contributed by atoms with Gasteiger partial charge in [-0.15, -0.1) is 0 Å². The molecule has 0 aromatic carbocycles. The second kappa shape index (κ2) is 5.45. The van der Waals surface area contributed by atoms with Crippen LogP contribution in [-0.2, 0) is 24.8 Å². The molecule has 2 N–H and O–H groups in total. The highest BCUT2D eigenvalue weighted by molar-refractivity contribution is 9.10. The molecular formula is C10H16BrN3O2. The van der Waals surface area contributed by atoms with Gasteiger partial charge in [-0.2, -0.15) is 5.10 Å². The van der Waals surface area contributed by atoms with Gasteiger partial charge in [-0.1, -0.05) is 6.92 Å². The number of rotatable bonds is 5. The van der Waals surface area contributed by atoms with Crippen molar-refractivity contribution in [3.63, 3.8) is 0 Å². The molecule has 0 fully saturated rings. The number of aromatic nitrogens is 2. The average molecular weight is 290 g/mol. The molecule has 0 saturated heterocycles. The zero-order valence-corrected chi connectivity index (χ0v) is 11.2. The van der Waals surface area contributed by atoms with Gasteiger partial charge in [-0.05, 0) is 29.3 Å². The van der Waals surface area contributed by atoms with Crippen molar-refractivity contribution < 1.29 is 9.90 Å². The molecule has 90 valence electrons. The van der Waals surface area contributed by atoms with Gasteiger partial charge in [0.25, 0.3) is 0 Å². The molecule has 16 heavy (non-hydrogen) atoms. The zero-order valence-electron chi connectivity index (χ0n) is 9.62. The predicted molar refractivity (Wildman–Crippen MR) is 64.2 cm³/mol. The smallest absolute Gasteiger partial charge is 0.320 e. The van der Waals surface area contributed by atoms with E-state index in [1.165, 1.54) is 0 Å². The monoisotopic (exact) mass is 289 g/mol. The van der Waals surface area contributed by atoms with Gasteiger partial charge >= 0.3 is 5.97 Å². The first-order valence-electron chi connectivity index (χ1n) is 5.13. The lowest BCUT2D eigenvalue weighted by atomic mass is 10.3. The average Bonchev–Trinajstić information content (AvgIpc) is 2.51. The van der Waals surface area contributed by atoms with Crippen molar-refractivity contribution in [2.75, 3.05) is 0 Å². The maximum Gasteiger partial charge on any atom is 0.320 e. The van der Waals surface area contributed by atoms with Crippen LogP contribution in [0.1, 0.15) is 25.2 Å². The van der Waals surface area contributed by atoms with Crippen LogP contribution in [0.3, 0.4) is 0 Å². The highest BCUT2D eigenvalue weighted by atomic mass is 79.9. The lowest BCUT2D eigenvalue weighted by Crippen LogP contribution is -2.33. The molecule has 1 aromatic rings. The number of nitrogens with one attached hydrogen (secondary N) is 1. The molecule has 0 aliphatic heterocycles. The van der Waals surface area contributed by atoms with Gasteiger partial charge in [0.1, 0.15) is 6.04 Å². The highest BCUT2D eigenvalue weighted by Crippen LogP contribution is 2.21. The third-order valence-corrected chi connectivity index (χ3v) is 3.36. The lowest BCUT2D eigenvalue weighted by Gasteiger charge is -2.09. The number of aryl methyl sites for hydroxylation is 2. The van der Waals surface area contributed by atoms with Crippen LogP contribution in [-0.4, -0.2) is 26.9 Å². The molecule has 1 atom stereocenters. The molecule has 0 aliphatic rings. The summed E-state index contributed by atoms with van der Waals surface area (Å²) in [6, 6.07) is -0.563. The Labute approximate surface area is 103 Å². The number of hydrogen-bond donors (Lipinski definition) is 2. The molecule has 6 heteroatoms. The van der Waals surface area contributed by atoms with Crippen LogP contribution in [0.5, 0.6) is 0 Å². The fourth-order valence-electron chi connectivity index (χ4n) is 1.35. The third-order valence-electron chi connectivity index (χ3n) is 2.45. The molecule has 0 bridgehead atoms. The first-order chi connectivity index (χ1) is 7.47. The van der Waals surface area contributed by atoms with Gasteiger partial charge in [0.05, 0.1) is 15.9 Å². The van der Waals surface area contributed by atoms with Crippen LogP contribution in [0.25, 0.3) is 0 Å². The Morgan fingerprint density at radius 1 is 1.69 bits per heavy atom. The van der Waals surface area contributed by atoms with E-state index in [2.05, 4.69) is 26.3 Å². The van der Waals surface area contributed by atoms with Crippen LogP contribution in [0.15, 0.2) is 4.47 Å². The number of carboxylic acid groups (broad SMARTS) is 1. The molecule has 0 spiro atoms. The summed E-state index contributed by atoms with van der Waals surface area (Å²) < 4.78 is 2.73. The topological polar surface area (TPSA) is 67.2 Å². The second-order valence-corrected chi connectivity index (χ2v) is 4.42. The van der Waals surface area contributed by atoms with Crippen molar-refractivity contribution in [3.8, 4) is 0 Å². The number of carboxylic acids is 1. The molecular weight excluding hydrogens is 274 g/mol. The fraction of sp³-hybridized carbons (Fsp3) is 0.600. The summed E-state index contributed by atoms with van der Waals surface area (Å²) in [5.74, 6) is -0.853. The zero-order chi connectivity index (χ0) is 12.3. The normalized spacial score (nSPS) is 12.8. The Balaban J connectivity index is 2.74. The van der Waals surface area contributed by atoms with Crippen molar-refractivity contribution in [2.24, 2.45) is 7.05 Å². The fourth-order valence-corrected chi connectivity index (χ4v) is 2.11. The third kappa shape index (κ3) is 2.82. The second-order valence-electron chi connectivity index (χ2n) is 3.63. The van der Waals surface area contributed by atoms with Crippen molar-refractivity contribution >= 4 is 21.9 Å². The Hall–Kier alpha value is -0.880. The van der Waals surface area contributed by atoms with Gasteiger partial charge in [0.15, 0.2) is 0 Å². The Morgan fingerprint density at radius 2 is 2.31 bits per heavy atom. The first kappa shape index (κ1) is 13.2. The lowest BCUT2D eigenvalue weighted by molar-refractivity contribution is -0.139. The van der Waals surface area contributed by atoms with Crippen LogP contribution >= 0.6 is 15.9 Å². The molecule has 1 unspecified atom stereocenters.